The molecular formula is C16H20N4O. The van der Waals surface area contributed by atoms with Crippen molar-refractivity contribution >= 4 is 0 Å². The van der Waals surface area contributed by atoms with Crippen molar-refractivity contribution in [2.24, 2.45) is 18.9 Å². The molecule has 0 aromatic carbocycles. The maximum absolute atomic E-state index is 5.57. The second-order valence-electron chi connectivity index (χ2n) is 6.60. The lowest BCUT2D eigenvalue weighted by atomic mass is 9.93. The van der Waals surface area contributed by atoms with Gasteiger partial charge >= 0.3 is 0 Å². The summed E-state index contributed by atoms with van der Waals surface area (Å²) in [5.41, 5.74) is 2.01. The molecule has 0 spiro atoms. The van der Waals surface area contributed by atoms with Crippen molar-refractivity contribution in [3.63, 3.8) is 0 Å². The van der Waals surface area contributed by atoms with Crippen LogP contribution in [-0.2, 0) is 7.05 Å². The molecule has 2 aliphatic rings. The second kappa shape index (κ2) is 4.55. The number of allylic oxidation sites excluding steroid dienone is 2. The third-order valence-electron chi connectivity index (χ3n) is 4.68. The van der Waals surface area contributed by atoms with E-state index in [2.05, 4.69) is 41.2 Å². The summed E-state index contributed by atoms with van der Waals surface area (Å²) in [6.45, 7) is 4.26. The van der Waals surface area contributed by atoms with Gasteiger partial charge in [-0.25, -0.2) is 0 Å². The Morgan fingerprint density at radius 1 is 1.29 bits per heavy atom. The van der Waals surface area contributed by atoms with Gasteiger partial charge in [-0.1, -0.05) is 31.2 Å². The monoisotopic (exact) mass is 284 g/mol. The van der Waals surface area contributed by atoms with E-state index < -0.39 is 0 Å². The molecule has 2 bridgehead atoms. The van der Waals surface area contributed by atoms with E-state index >= 15 is 0 Å². The fourth-order valence-electron chi connectivity index (χ4n) is 3.66. The zero-order valence-electron chi connectivity index (χ0n) is 12.7. The van der Waals surface area contributed by atoms with E-state index in [1.807, 2.05) is 17.9 Å². The van der Waals surface area contributed by atoms with Crippen LogP contribution in [0.5, 0.6) is 0 Å². The third-order valence-corrected chi connectivity index (χ3v) is 4.68. The summed E-state index contributed by atoms with van der Waals surface area (Å²) in [5, 5.41) is 8.72. The maximum Gasteiger partial charge on any atom is 0.230 e. The summed E-state index contributed by atoms with van der Waals surface area (Å²) in [6.07, 6.45) is 9.01. The number of hydrogen-bond acceptors (Lipinski definition) is 4. The van der Waals surface area contributed by atoms with Gasteiger partial charge in [0.2, 0.25) is 11.7 Å². The molecule has 0 N–H and O–H groups in total. The van der Waals surface area contributed by atoms with Crippen LogP contribution in [0.1, 0.15) is 50.1 Å². The molecule has 1 saturated carbocycles. The first-order valence-electron chi connectivity index (χ1n) is 7.67. The lowest BCUT2D eigenvalue weighted by Crippen LogP contribution is -2.05. The Bertz CT molecular complexity index is 697. The van der Waals surface area contributed by atoms with Crippen molar-refractivity contribution in [3.05, 3.63) is 29.9 Å². The molecule has 0 aliphatic heterocycles. The van der Waals surface area contributed by atoms with E-state index in [-0.39, 0.29) is 0 Å². The molecule has 0 radical (unpaired) electrons. The SMILES string of the molecule is CC(C)c1nn(C)cc1-c1noc(C2CC3C=CC2C3)n1. The summed E-state index contributed by atoms with van der Waals surface area (Å²) >= 11 is 0. The van der Waals surface area contributed by atoms with Crippen molar-refractivity contribution in [2.75, 3.05) is 0 Å². The molecule has 5 nitrogen and oxygen atoms in total. The van der Waals surface area contributed by atoms with Crippen LogP contribution in [0.2, 0.25) is 0 Å². The van der Waals surface area contributed by atoms with Crippen molar-refractivity contribution in [1.82, 2.24) is 19.9 Å². The van der Waals surface area contributed by atoms with Crippen LogP contribution in [0.4, 0.5) is 0 Å². The predicted octanol–water partition coefficient (Wildman–Crippen LogP) is 3.27. The first-order chi connectivity index (χ1) is 10.1. The van der Waals surface area contributed by atoms with E-state index in [0.29, 0.717) is 29.5 Å². The van der Waals surface area contributed by atoms with E-state index in [4.69, 9.17) is 4.52 Å². The van der Waals surface area contributed by atoms with Gasteiger partial charge in [-0.05, 0) is 30.6 Å². The molecule has 2 aromatic rings. The molecule has 3 unspecified atom stereocenters. The Hall–Kier alpha value is -1.91. The highest BCUT2D eigenvalue weighted by molar-refractivity contribution is 5.57. The van der Waals surface area contributed by atoms with Crippen LogP contribution in [0.3, 0.4) is 0 Å². The van der Waals surface area contributed by atoms with E-state index in [1.54, 1.807) is 0 Å². The summed E-state index contributed by atoms with van der Waals surface area (Å²) in [4.78, 5) is 4.67. The van der Waals surface area contributed by atoms with Crippen molar-refractivity contribution < 1.29 is 4.52 Å². The number of fused-ring (bicyclic) bond motifs is 2. The molecule has 21 heavy (non-hydrogen) atoms. The highest BCUT2D eigenvalue weighted by Gasteiger charge is 2.39. The van der Waals surface area contributed by atoms with Gasteiger partial charge in [0.05, 0.1) is 11.3 Å². The van der Waals surface area contributed by atoms with Gasteiger partial charge in [0.1, 0.15) is 0 Å². The Labute approximate surface area is 124 Å². The van der Waals surface area contributed by atoms with Gasteiger partial charge in [0.15, 0.2) is 0 Å². The van der Waals surface area contributed by atoms with Crippen LogP contribution >= 0.6 is 0 Å². The average Bonchev–Trinajstić information content (AvgIpc) is 3.20. The fraction of sp³-hybridized carbons (Fsp3) is 0.562. The summed E-state index contributed by atoms with van der Waals surface area (Å²) in [6, 6.07) is 0. The zero-order chi connectivity index (χ0) is 14.6. The van der Waals surface area contributed by atoms with Crippen LogP contribution in [0.25, 0.3) is 11.4 Å². The van der Waals surface area contributed by atoms with Gasteiger partial charge < -0.3 is 4.52 Å². The fourth-order valence-corrected chi connectivity index (χ4v) is 3.66. The molecule has 1 fully saturated rings. The van der Waals surface area contributed by atoms with Gasteiger partial charge in [0.25, 0.3) is 0 Å². The van der Waals surface area contributed by atoms with Crippen molar-refractivity contribution in [1.29, 1.82) is 0 Å². The molecule has 2 aliphatic carbocycles. The highest BCUT2D eigenvalue weighted by atomic mass is 16.5. The minimum absolute atomic E-state index is 0.341. The van der Waals surface area contributed by atoms with Gasteiger partial charge in [0, 0.05) is 19.2 Å². The first-order valence-corrected chi connectivity index (χ1v) is 7.67. The molecule has 0 amide bonds. The lowest BCUT2D eigenvalue weighted by molar-refractivity contribution is 0.337. The largest absolute Gasteiger partial charge is 0.339 e. The van der Waals surface area contributed by atoms with Crippen LogP contribution in [-0.4, -0.2) is 19.9 Å². The van der Waals surface area contributed by atoms with Gasteiger partial charge in [-0.15, -0.1) is 0 Å². The van der Waals surface area contributed by atoms with E-state index in [1.165, 1.54) is 6.42 Å². The molecule has 3 atom stereocenters. The number of rotatable bonds is 3. The third kappa shape index (κ3) is 2.03. The summed E-state index contributed by atoms with van der Waals surface area (Å²) in [5.74, 6) is 3.50. The Balaban J connectivity index is 1.67. The first kappa shape index (κ1) is 12.8. The Morgan fingerprint density at radius 2 is 2.14 bits per heavy atom. The summed E-state index contributed by atoms with van der Waals surface area (Å²) < 4.78 is 7.39. The normalized spacial score (nSPS) is 27.1. The maximum atomic E-state index is 5.57. The number of aryl methyl sites for hydroxylation is 1. The van der Waals surface area contributed by atoms with Crippen molar-refractivity contribution in [3.8, 4) is 11.4 Å². The second-order valence-corrected chi connectivity index (χ2v) is 6.60. The molecule has 2 heterocycles. The minimum Gasteiger partial charge on any atom is -0.339 e. The zero-order valence-corrected chi connectivity index (χ0v) is 12.7. The topological polar surface area (TPSA) is 56.7 Å². The predicted molar refractivity (Wildman–Crippen MR) is 78.7 cm³/mol. The molecule has 5 heteroatoms. The van der Waals surface area contributed by atoms with Crippen LogP contribution in [0, 0.1) is 11.8 Å². The Morgan fingerprint density at radius 3 is 2.81 bits per heavy atom. The molecule has 110 valence electrons. The molecule has 2 aromatic heterocycles. The standard InChI is InChI=1S/C16H20N4O/c1-9(2)14-13(8-20(3)18-14)15-17-16(21-19-15)12-7-10-4-5-11(12)6-10/h4-5,8-12H,6-7H2,1-3H3. The van der Waals surface area contributed by atoms with E-state index in [9.17, 15) is 0 Å². The highest BCUT2D eigenvalue weighted by Crippen LogP contribution is 2.48. The minimum atomic E-state index is 0.341. The number of hydrogen-bond donors (Lipinski definition) is 0. The lowest BCUT2D eigenvalue weighted by Gasteiger charge is -2.12. The summed E-state index contributed by atoms with van der Waals surface area (Å²) in [7, 11) is 1.93. The number of nitrogens with zero attached hydrogens (tertiary/aromatic N) is 4. The average molecular weight is 284 g/mol. The van der Waals surface area contributed by atoms with Gasteiger partial charge in [-0.2, -0.15) is 10.1 Å². The van der Waals surface area contributed by atoms with Crippen LogP contribution in [0.15, 0.2) is 22.9 Å². The molecular weight excluding hydrogens is 264 g/mol. The van der Waals surface area contributed by atoms with Crippen molar-refractivity contribution in [2.45, 2.75) is 38.5 Å². The quantitative estimate of drug-likeness (QED) is 0.812. The van der Waals surface area contributed by atoms with Gasteiger partial charge in [-0.3, -0.25) is 4.68 Å². The smallest absolute Gasteiger partial charge is 0.230 e. The Kier molecular flexibility index (Phi) is 2.77. The molecule has 4 rings (SSSR count). The number of aromatic nitrogens is 4. The molecule has 0 saturated heterocycles. The van der Waals surface area contributed by atoms with E-state index in [0.717, 1.165) is 23.6 Å². The van der Waals surface area contributed by atoms with Crippen LogP contribution < -0.4 is 0 Å².